The Hall–Kier alpha value is -1.76. The quantitative estimate of drug-likeness (QED) is 0.184. The van der Waals surface area contributed by atoms with E-state index in [1.165, 1.54) is 62.3 Å². The molecule has 35 heavy (non-hydrogen) atoms. The highest BCUT2D eigenvalue weighted by atomic mass is 32.2. The van der Waals surface area contributed by atoms with Crippen LogP contribution in [0.15, 0.2) is 46.2 Å². The molecule has 188 valence electrons. The number of hydrogen-bond acceptors (Lipinski definition) is 4. The highest BCUT2D eigenvalue weighted by Crippen LogP contribution is 2.39. The number of benzene rings is 2. The summed E-state index contributed by atoms with van der Waals surface area (Å²) in [5, 5.41) is 9.69. The molecule has 0 fully saturated rings. The fraction of sp³-hybridized carbons (Fsp3) is 0.483. The molecule has 0 spiro atoms. The Morgan fingerprint density at radius 3 is 2.20 bits per heavy atom. The van der Waals surface area contributed by atoms with E-state index >= 15 is 0 Å². The lowest BCUT2D eigenvalue weighted by Crippen LogP contribution is -2.29. The Bertz CT molecular complexity index is 1050. The van der Waals surface area contributed by atoms with E-state index in [2.05, 4.69) is 30.9 Å². The number of carboxylic acid groups (broad SMARTS) is 1. The van der Waals surface area contributed by atoms with Crippen molar-refractivity contribution in [1.82, 2.24) is 4.90 Å². The highest BCUT2D eigenvalue weighted by Gasteiger charge is 2.32. The molecule has 1 heterocycles. The summed E-state index contributed by atoms with van der Waals surface area (Å²) in [5.41, 5.74) is 3.60. The van der Waals surface area contributed by atoms with Crippen LogP contribution in [0, 0.1) is 0 Å². The zero-order chi connectivity index (χ0) is 25.2. The normalized spacial score (nSPS) is 12.9. The standard InChI is InChI=1S/C29H37NO2S3/c1-3-5-7-8-9-10-11-12-15-21-19-23-26(28(34)30(27(23)33)18-6-4-2)25(20-21)35-24-17-14-13-16-22(24)29(31)32/h13-14,16-17,19-20H,3-12,15,18H2,1-2H3,(H,31,32). The van der Waals surface area contributed by atoms with Gasteiger partial charge >= 0.3 is 5.97 Å². The predicted molar refractivity (Wildman–Crippen MR) is 155 cm³/mol. The minimum atomic E-state index is -0.914. The topological polar surface area (TPSA) is 40.5 Å². The van der Waals surface area contributed by atoms with E-state index in [0.717, 1.165) is 63.1 Å². The molecule has 1 N–H and O–H groups in total. The maximum absolute atomic E-state index is 11.8. The smallest absolute Gasteiger partial charge is 0.336 e. The molecule has 1 aliphatic rings. The Morgan fingerprint density at radius 1 is 0.857 bits per heavy atom. The van der Waals surface area contributed by atoms with Crippen molar-refractivity contribution in [2.75, 3.05) is 6.54 Å². The molecule has 2 aromatic rings. The van der Waals surface area contributed by atoms with Gasteiger partial charge in [-0.3, -0.25) is 0 Å². The number of carboxylic acids is 1. The number of fused-ring (bicyclic) bond motifs is 1. The predicted octanol–water partition coefficient (Wildman–Crippen LogP) is 8.69. The Labute approximate surface area is 225 Å². The van der Waals surface area contributed by atoms with Crippen LogP contribution in [0.2, 0.25) is 0 Å². The van der Waals surface area contributed by atoms with Crippen LogP contribution < -0.4 is 0 Å². The molecule has 0 aliphatic carbocycles. The molecule has 0 atom stereocenters. The van der Waals surface area contributed by atoms with E-state index < -0.39 is 5.97 Å². The van der Waals surface area contributed by atoms with E-state index in [9.17, 15) is 9.90 Å². The second-order valence-corrected chi connectivity index (χ2v) is 11.1. The van der Waals surface area contributed by atoms with Crippen molar-refractivity contribution >= 4 is 52.1 Å². The van der Waals surface area contributed by atoms with E-state index in [1.54, 1.807) is 12.1 Å². The lowest BCUT2D eigenvalue weighted by Gasteiger charge is -2.17. The summed E-state index contributed by atoms with van der Waals surface area (Å²) in [6, 6.07) is 11.6. The second-order valence-electron chi connectivity index (χ2n) is 9.26. The maximum atomic E-state index is 11.8. The second kappa shape index (κ2) is 14.1. The molecule has 3 rings (SSSR count). The number of hydrogen-bond donors (Lipinski definition) is 1. The van der Waals surface area contributed by atoms with Crippen LogP contribution in [-0.2, 0) is 6.42 Å². The molecule has 0 radical (unpaired) electrons. The monoisotopic (exact) mass is 527 g/mol. The summed E-state index contributed by atoms with van der Waals surface area (Å²) >= 11 is 13.3. The van der Waals surface area contributed by atoms with Gasteiger partial charge in [0, 0.05) is 27.5 Å². The SMILES string of the molecule is CCCCCCCCCCc1cc(Sc2ccccc2C(=O)O)c2c(c1)C(=S)N(CCCC)C2=S. The van der Waals surface area contributed by atoms with Gasteiger partial charge in [-0.25, -0.2) is 4.79 Å². The van der Waals surface area contributed by atoms with Gasteiger partial charge in [0.1, 0.15) is 9.98 Å². The van der Waals surface area contributed by atoms with Crippen molar-refractivity contribution in [2.45, 2.75) is 94.3 Å². The summed E-state index contributed by atoms with van der Waals surface area (Å²) in [5.74, 6) is -0.914. The molecule has 0 aromatic heterocycles. The third kappa shape index (κ3) is 7.37. The average molecular weight is 528 g/mol. The van der Waals surface area contributed by atoms with E-state index in [-0.39, 0.29) is 0 Å². The molecular weight excluding hydrogens is 491 g/mol. The van der Waals surface area contributed by atoms with Gasteiger partial charge in [-0.15, -0.1) is 0 Å². The van der Waals surface area contributed by atoms with Gasteiger partial charge in [0.05, 0.1) is 5.56 Å². The van der Waals surface area contributed by atoms with Gasteiger partial charge in [0.15, 0.2) is 0 Å². The number of aromatic carboxylic acids is 1. The number of thiocarbonyl (C=S) groups is 2. The van der Waals surface area contributed by atoms with Crippen molar-refractivity contribution in [1.29, 1.82) is 0 Å². The number of rotatable bonds is 15. The molecule has 2 aromatic carbocycles. The molecule has 0 saturated carbocycles. The zero-order valence-electron chi connectivity index (χ0n) is 21.0. The third-order valence-electron chi connectivity index (χ3n) is 6.49. The molecule has 3 nitrogen and oxygen atoms in total. The summed E-state index contributed by atoms with van der Waals surface area (Å²) in [4.78, 5) is 17.2. The molecular formula is C29H37NO2S3. The number of carbonyl (C=O) groups is 1. The lowest BCUT2D eigenvalue weighted by atomic mass is 10.0. The van der Waals surface area contributed by atoms with Gasteiger partial charge < -0.3 is 10.0 Å². The third-order valence-corrected chi connectivity index (χ3v) is 8.47. The Balaban J connectivity index is 1.82. The first-order valence-electron chi connectivity index (χ1n) is 13.0. The van der Waals surface area contributed by atoms with Crippen molar-refractivity contribution in [3.63, 3.8) is 0 Å². The van der Waals surface area contributed by atoms with Gasteiger partial charge in [-0.1, -0.05) is 114 Å². The molecule has 0 bridgehead atoms. The number of unbranched alkanes of at least 4 members (excludes halogenated alkanes) is 8. The van der Waals surface area contributed by atoms with Crippen molar-refractivity contribution in [2.24, 2.45) is 0 Å². The largest absolute Gasteiger partial charge is 0.478 e. The molecule has 0 unspecified atom stereocenters. The average Bonchev–Trinajstić information content (AvgIpc) is 3.09. The van der Waals surface area contributed by atoms with Gasteiger partial charge in [-0.2, -0.15) is 0 Å². The maximum Gasteiger partial charge on any atom is 0.336 e. The van der Waals surface area contributed by atoms with Crippen LogP contribution in [0.25, 0.3) is 0 Å². The summed E-state index contributed by atoms with van der Waals surface area (Å²) in [6.07, 6.45) is 13.4. The summed E-state index contributed by atoms with van der Waals surface area (Å²) < 4.78 is 0. The van der Waals surface area contributed by atoms with Crippen LogP contribution in [0.5, 0.6) is 0 Å². The lowest BCUT2D eigenvalue weighted by molar-refractivity contribution is 0.0693. The minimum Gasteiger partial charge on any atom is -0.478 e. The van der Waals surface area contributed by atoms with Gasteiger partial charge in [0.25, 0.3) is 0 Å². The zero-order valence-corrected chi connectivity index (χ0v) is 23.4. The molecule has 0 saturated heterocycles. The fourth-order valence-electron chi connectivity index (χ4n) is 4.49. The van der Waals surface area contributed by atoms with Crippen LogP contribution in [0.1, 0.15) is 105 Å². The molecule has 6 heteroatoms. The minimum absolute atomic E-state index is 0.314. The van der Waals surface area contributed by atoms with E-state index in [1.807, 2.05) is 12.1 Å². The summed E-state index contributed by atoms with van der Waals surface area (Å²) in [7, 11) is 0. The summed E-state index contributed by atoms with van der Waals surface area (Å²) in [6.45, 7) is 5.25. The van der Waals surface area contributed by atoms with Crippen LogP contribution in [-0.4, -0.2) is 32.5 Å². The molecule has 0 amide bonds. The van der Waals surface area contributed by atoms with Crippen LogP contribution in [0.4, 0.5) is 0 Å². The van der Waals surface area contributed by atoms with Gasteiger partial charge in [0.2, 0.25) is 0 Å². The van der Waals surface area contributed by atoms with Crippen molar-refractivity contribution in [3.05, 3.63) is 58.7 Å². The fourth-order valence-corrected chi connectivity index (χ4v) is 6.53. The number of aryl methyl sites for hydroxylation is 1. The van der Waals surface area contributed by atoms with E-state index in [0.29, 0.717) is 5.56 Å². The van der Waals surface area contributed by atoms with Crippen LogP contribution >= 0.6 is 36.2 Å². The molecule has 1 aliphatic heterocycles. The Morgan fingerprint density at radius 2 is 1.51 bits per heavy atom. The number of nitrogens with zero attached hydrogens (tertiary/aromatic N) is 1. The Kier molecular flexibility index (Phi) is 11.2. The van der Waals surface area contributed by atoms with Gasteiger partial charge in [-0.05, 0) is 49.1 Å². The van der Waals surface area contributed by atoms with Crippen molar-refractivity contribution < 1.29 is 9.90 Å². The van der Waals surface area contributed by atoms with Crippen molar-refractivity contribution in [3.8, 4) is 0 Å². The first kappa shape index (κ1) is 27.8. The first-order chi connectivity index (χ1) is 17.0. The highest BCUT2D eigenvalue weighted by molar-refractivity contribution is 7.99. The first-order valence-corrected chi connectivity index (χ1v) is 14.6. The van der Waals surface area contributed by atoms with Crippen LogP contribution in [0.3, 0.4) is 0 Å². The van der Waals surface area contributed by atoms with E-state index in [4.69, 9.17) is 24.4 Å².